The second kappa shape index (κ2) is 8.26. The number of hydrogen-bond donors (Lipinski definition) is 1. The number of halogens is 1. The molecule has 1 aromatic heterocycles. The summed E-state index contributed by atoms with van der Waals surface area (Å²) in [6.07, 6.45) is 4.31. The van der Waals surface area contributed by atoms with Crippen molar-refractivity contribution in [2.75, 3.05) is 6.54 Å². The Bertz CT molecular complexity index is 1050. The monoisotopic (exact) mass is 405 g/mol. The second-order valence-electron chi connectivity index (χ2n) is 7.70. The van der Waals surface area contributed by atoms with Crippen molar-refractivity contribution < 1.29 is 4.79 Å². The number of nitrogens with one attached hydrogen (secondary N) is 1. The third kappa shape index (κ3) is 4.28. The number of benzene rings is 2. The number of carbonyl (C=O) groups is 1. The predicted molar refractivity (Wildman–Crippen MR) is 118 cm³/mol. The molecule has 148 valence electrons. The summed E-state index contributed by atoms with van der Waals surface area (Å²) in [5, 5.41) is 8.28. The van der Waals surface area contributed by atoms with E-state index in [4.69, 9.17) is 11.6 Å². The number of rotatable bonds is 4. The maximum absolute atomic E-state index is 12.8. The van der Waals surface area contributed by atoms with Crippen LogP contribution in [-0.2, 0) is 17.8 Å². The van der Waals surface area contributed by atoms with Gasteiger partial charge in [0.2, 0.25) is 5.91 Å². The van der Waals surface area contributed by atoms with Crippen molar-refractivity contribution in [3.63, 3.8) is 0 Å². The fourth-order valence-corrected chi connectivity index (χ4v) is 3.81. The van der Waals surface area contributed by atoms with Gasteiger partial charge in [-0.2, -0.15) is 5.10 Å². The number of aromatic amines is 1. The molecule has 1 N–H and O–H groups in total. The quantitative estimate of drug-likeness (QED) is 0.586. The summed E-state index contributed by atoms with van der Waals surface area (Å²) in [6, 6.07) is 16.0. The van der Waals surface area contributed by atoms with E-state index in [1.807, 2.05) is 35.2 Å². The lowest BCUT2D eigenvalue weighted by atomic mass is 10.0. The molecule has 2 aromatic carbocycles. The SMILES string of the molecule is CC(C)c1ccc(/C=C/C(=O)N2CCc3[nH]nc(-c4cccc(Cl)c4)c3C2)cc1. The van der Waals surface area contributed by atoms with Crippen molar-refractivity contribution in [2.24, 2.45) is 0 Å². The van der Waals surface area contributed by atoms with E-state index in [0.717, 1.165) is 34.5 Å². The highest BCUT2D eigenvalue weighted by molar-refractivity contribution is 6.30. The molecule has 0 fully saturated rings. The Morgan fingerprint density at radius 1 is 1.21 bits per heavy atom. The lowest BCUT2D eigenvalue weighted by Gasteiger charge is -2.26. The smallest absolute Gasteiger partial charge is 0.246 e. The van der Waals surface area contributed by atoms with Crippen molar-refractivity contribution in [3.8, 4) is 11.3 Å². The highest BCUT2D eigenvalue weighted by Gasteiger charge is 2.24. The van der Waals surface area contributed by atoms with E-state index in [-0.39, 0.29) is 5.91 Å². The molecule has 0 aliphatic carbocycles. The highest BCUT2D eigenvalue weighted by Crippen LogP contribution is 2.30. The fraction of sp³-hybridized carbons (Fsp3) is 0.250. The normalized spacial score (nSPS) is 13.9. The van der Waals surface area contributed by atoms with Gasteiger partial charge in [0.1, 0.15) is 0 Å². The average molecular weight is 406 g/mol. The van der Waals surface area contributed by atoms with Gasteiger partial charge in [-0.3, -0.25) is 9.89 Å². The van der Waals surface area contributed by atoms with Gasteiger partial charge in [0.15, 0.2) is 0 Å². The molecule has 0 unspecified atom stereocenters. The molecule has 0 spiro atoms. The van der Waals surface area contributed by atoms with E-state index >= 15 is 0 Å². The number of aromatic nitrogens is 2. The highest BCUT2D eigenvalue weighted by atomic mass is 35.5. The van der Waals surface area contributed by atoms with Gasteiger partial charge in [0.25, 0.3) is 0 Å². The van der Waals surface area contributed by atoms with Crippen molar-refractivity contribution in [2.45, 2.75) is 32.7 Å². The number of amides is 1. The van der Waals surface area contributed by atoms with E-state index < -0.39 is 0 Å². The van der Waals surface area contributed by atoms with Crippen LogP contribution in [0.3, 0.4) is 0 Å². The lowest BCUT2D eigenvalue weighted by molar-refractivity contribution is -0.126. The zero-order valence-electron chi connectivity index (χ0n) is 16.7. The Morgan fingerprint density at radius 3 is 2.72 bits per heavy atom. The van der Waals surface area contributed by atoms with Crippen LogP contribution in [0.1, 0.15) is 42.1 Å². The molecule has 0 saturated carbocycles. The summed E-state index contributed by atoms with van der Waals surface area (Å²) in [4.78, 5) is 14.6. The number of carbonyl (C=O) groups excluding carboxylic acids is 1. The van der Waals surface area contributed by atoms with Gasteiger partial charge in [-0.05, 0) is 35.3 Å². The molecule has 2 heterocycles. The Morgan fingerprint density at radius 2 is 2.00 bits per heavy atom. The largest absolute Gasteiger partial charge is 0.334 e. The third-order valence-electron chi connectivity index (χ3n) is 5.36. The molecule has 5 heteroatoms. The first-order valence-corrected chi connectivity index (χ1v) is 10.3. The first-order valence-electron chi connectivity index (χ1n) is 9.90. The Kier molecular flexibility index (Phi) is 5.54. The topological polar surface area (TPSA) is 49.0 Å². The first-order chi connectivity index (χ1) is 14.0. The maximum atomic E-state index is 12.8. The summed E-state index contributed by atoms with van der Waals surface area (Å²) in [6.45, 7) is 5.57. The predicted octanol–water partition coefficient (Wildman–Crippen LogP) is 5.45. The van der Waals surface area contributed by atoms with Crippen molar-refractivity contribution in [1.82, 2.24) is 15.1 Å². The standard InChI is InChI=1S/C24H24ClN3O/c1-16(2)18-9-6-17(7-10-18)8-11-23(29)28-13-12-22-21(15-28)24(27-26-22)19-4-3-5-20(25)14-19/h3-11,14,16H,12-13,15H2,1-2H3,(H,26,27)/b11-8+. The van der Waals surface area contributed by atoms with Gasteiger partial charge in [0, 0.05) is 47.4 Å². The van der Waals surface area contributed by atoms with Crippen LogP contribution >= 0.6 is 11.6 Å². The summed E-state index contributed by atoms with van der Waals surface area (Å²) in [7, 11) is 0. The van der Waals surface area contributed by atoms with Gasteiger partial charge in [-0.1, -0.05) is 61.8 Å². The van der Waals surface area contributed by atoms with Gasteiger partial charge < -0.3 is 4.90 Å². The summed E-state index contributed by atoms with van der Waals surface area (Å²) < 4.78 is 0. The van der Waals surface area contributed by atoms with Crippen molar-refractivity contribution >= 4 is 23.6 Å². The van der Waals surface area contributed by atoms with Crippen LogP contribution in [0.4, 0.5) is 0 Å². The Hall–Kier alpha value is -2.85. The van der Waals surface area contributed by atoms with Gasteiger partial charge >= 0.3 is 0 Å². The van der Waals surface area contributed by atoms with E-state index in [2.05, 4.69) is 48.3 Å². The van der Waals surface area contributed by atoms with Crippen LogP contribution in [0.2, 0.25) is 5.02 Å². The number of hydrogen-bond acceptors (Lipinski definition) is 2. The minimum absolute atomic E-state index is 0.0156. The van der Waals surface area contributed by atoms with Crippen LogP contribution in [-0.4, -0.2) is 27.5 Å². The van der Waals surface area contributed by atoms with E-state index in [1.165, 1.54) is 5.56 Å². The van der Waals surface area contributed by atoms with Crippen LogP contribution < -0.4 is 0 Å². The zero-order valence-corrected chi connectivity index (χ0v) is 17.4. The minimum Gasteiger partial charge on any atom is -0.334 e. The van der Waals surface area contributed by atoms with Crippen LogP contribution in [0.15, 0.2) is 54.6 Å². The molecule has 1 aliphatic heterocycles. The van der Waals surface area contributed by atoms with Gasteiger partial charge in [-0.15, -0.1) is 0 Å². The fourth-order valence-electron chi connectivity index (χ4n) is 3.62. The molecule has 4 nitrogen and oxygen atoms in total. The molecule has 4 rings (SSSR count). The summed E-state index contributed by atoms with van der Waals surface area (Å²) in [5.41, 5.74) is 6.33. The molecule has 1 aliphatic rings. The van der Waals surface area contributed by atoms with E-state index in [1.54, 1.807) is 6.08 Å². The molecular weight excluding hydrogens is 382 g/mol. The van der Waals surface area contributed by atoms with Crippen LogP contribution in [0, 0.1) is 0 Å². The van der Waals surface area contributed by atoms with Crippen LogP contribution in [0.5, 0.6) is 0 Å². The number of H-pyrrole nitrogens is 1. The summed E-state index contributed by atoms with van der Waals surface area (Å²) in [5.74, 6) is 0.516. The lowest BCUT2D eigenvalue weighted by Crippen LogP contribution is -2.34. The minimum atomic E-state index is 0.0156. The van der Waals surface area contributed by atoms with E-state index in [0.29, 0.717) is 24.0 Å². The van der Waals surface area contributed by atoms with Crippen molar-refractivity contribution in [3.05, 3.63) is 82.0 Å². The van der Waals surface area contributed by atoms with Gasteiger partial charge in [-0.25, -0.2) is 0 Å². The Balaban J connectivity index is 1.49. The van der Waals surface area contributed by atoms with E-state index in [9.17, 15) is 4.79 Å². The first kappa shape index (κ1) is 19.5. The molecule has 1 amide bonds. The molecule has 0 atom stereocenters. The second-order valence-corrected chi connectivity index (χ2v) is 8.14. The maximum Gasteiger partial charge on any atom is 0.246 e. The average Bonchev–Trinajstić information content (AvgIpc) is 3.15. The van der Waals surface area contributed by atoms with Crippen LogP contribution in [0.25, 0.3) is 17.3 Å². The zero-order chi connectivity index (χ0) is 20.4. The number of fused-ring (bicyclic) bond motifs is 1. The third-order valence-corrected chi connectivity index (χ3v) is 5.60. The summed E-state index contributed by atoms with van der Waals surface area (Å²) >= 11 is 6.14. The molecule has 29 heavy (non-hydrogen) atoms. The number of nitrogens with zero attached hydrogens (tertiary/aromatic N) is 2. The molecule has 3 aromatic rings. The van der Waals surface area contributed by atoms with Gasteiger partial charge in [0.05, 0.1) is 5.69 Å². The molecule has 0 saturated heterocycles. The Labute approximate surface area is 176 Å². The molecule has 0 radical (unpaired) electrons. The molecule has 0 bridgehead atoms. The van der Waals surface area contributed by atoms with Crippen molar-refractivity contribution in [1.29, 1.82) is 0 Å². The molecular formula is C24H24ClN3O.